The first-order valence-corrected chi connectivity index (χ1v) is 7.44. The highest BCUT2D eigenvalue weighted by Gasteiger charge is 2.15. The standard InChI is InChI=1S/C17H17FN4O2/c1-11-7-8-12(2)16(9-11)24-10-13-14(18)5-4-6-15(13)22-17(23)21(3)19-20-22/h4-9H,10H2,1-3H3. The van der Waals surface area contributed by atoms with Gasteiger partial charge < -0.3 is 4.74 Å². The van der Waals surface area contributed by atoms with E-state index in [1.807, 2.05) is 32.0 Å². The number of aromatic nitrogens is 4. The third kappa shape index (κ3) is 2.92. The van der Waals surface area contributed by atoms with Crippen molar-refractivity contribution in [2.45, 2.75) is 20.5 Å². The summed E-state index contributed by atoms with van der Waals surface area (Å²) in [6.45, 7) is 3.86. The second kappa shape index (κ2) is 6.27. The molecule has 0 saturated carbocycles. The number of nitrogens with zero attached hydrogens (tertiary/aromatic N) is 4. The molecule has 0 aliphatic heterocycles. The molecule has 3 aromatic rings. The van der Waals surface area contributed by atoms with Gasteiger partial charge in [-0.25, -0.2) is 9.18 Å². The zero-order valence-corrected chi connectivity index (χ0v) is 13.7. The second-order valence-corrected chi connectivity index (χ2v) is 5.59. The monoisotopic (exact) mass is 328 g/mol. The molecule has 2 aromatic carbocycles. The number of halogens is 1. The number of hydrogen-bond acceptors (Lipinski definition) is 4. The van der Waals surface area contributed by atoms with Gasteiger partial charge in [0.05, 0.1) is 11.3 Å². The van der Waals surface area contributed by atoms with Crippen LogP contribution >= 0.6 is 0 Å². The quantitative estimate of drug-likeness (QED) is 0.737. The molecule has 0 bridgehead atoms. The van der Waals surface area contributed by atoms with E-state index >= 15 is 0 Å². The minimum Gasteiger partial charge on any atom is -0.488 e. The van der Waals surface area contributed by atoms with E-state index in [-0.39, 0.29) is 12.2 Å². The van der Waals surface area contributed by atoms with Crippen molar-refractivity contribution in [1.29, 1.82) is 0 Å². The molecule has 1 heterocycles. The highest BCUT2D eigenvalue weighted by molar-refractivity contribution is 5.41. The van der Waals surface area contributed by atoms with E-state index in [1.165, 1.54) is 19.2 Å². The van der Waals surface area contributed by atoms with Crippen LogP contribution in [0.4, 0.5) is 4.39 Å². The summed E-state index contributed by atoms with van der Waals surface area (Å²) in [5.74, 6) is 0.214. The summed E-state index contributed by atoms with van der Waals surface area (Å²) in [4.78, 5) is 12.0. The molecule has 124 valence electrons. The van der Waals surface area contributed by atoms with Crippen LogP contribution in [0.5, 0.6) is 5.75 Å². The van der Waals surface area contributed by atoms with E-state index < -0.39 is 11.5 Å². The third-order valence-electron chi connectivity index (χ3n) is 3.76. The molecule has 0 aliphatic carbocycles. The molecule has 0 fully saturated rings. The molecule has 0 unspecified atom stereocenters. The summed E-state index contributed by atoms with van der Waals surface area (Å²) in [6, 6.07) is 10.3. The van der Waals surface area contributed by atoms with Gasteiger partial charge in [0, 0.05) is 7.05 Å². The molecular formula is C17H17FN4O2. The smallest absolute Gasteiger partial charge is 0.368 e. The van der Waals surface area contributed by atoms with E-state index in [2.05, 4.69) is 10.4 Å². The van der Waals surface area contributed by atoms with E-state index in [9.17, 15) is 9.18 Å². The highest BCUT2D eigenvalue weighted by atomic mass is 19.1. The Bertz CT molecular complexity index is 946. The molecule has 0 N–H and O–H groups in total. The van der Waals surface area contributed by atoms with Gasteiger partial charge in [0.15, 0.2) is 0 Å². The molecular weight excluding hydrogens is 311 g/mol. The molecule has 0 atom stereocenters. The van der Waals surface area contributed by atoms with Gasteiger partial charge in [-0.1, -0.05) is 18.2 Å². The van der Waals surface area contributed by atoms with Gasteiger partial charge in [0.2, 0.25) is 0 Å². The largest absolute Gasteiger partial charge is 0.488 e. The van der Waals surface area contributed by atoms with Crippen LogP contribution < -0.4 is 10.4 Å². The Labute approximate surface area is 138 Å². The van der Waals surface area contributed by atoms with Gasteiger partial charge in [-0.05, 0) is 53.6 Å². The number of rotatable bonds is 4. The van der Waals surface area contributed by atoms with Crippen molar-refractivity contribution < 1.29 is 9.13 Å². The van der Waals surface area contributed by atoms with Crippen LogP contribution in [0.2, 0.25) is 0 Å². The average molecular weight is 328 g/mol. The van der Waals surface area contributed by atoms with Gasteiger partial charge in [0.1, 0.15) is 18.2 Å². The van der Waals surface area contributed by atoms with Crippen molar-refractivity contribution in [2.75, 3.05) is 0 Å². The first-order chi connectivity index (χ1) is 11.5. The number of aryl methyl sites for hydroxylation is 3. The average Bonchev–Trinajstić information content (AvgIpc) is 2.88. The maximum atomic E-state index is 14.3. The zero-order chi connectivity index (χ0) is 17.3. The topological polar surface area (TPSA) is 61.9 Å². The minimum atomic E-state index is -0.463. The van der Waals surface area contributed by atoms with Gasteiger partial charge >= 0.3 is 5.69 Å². The predicted molar refractivity (Wildman–Crippen MR) is 86.8 cm³/mol. The zero-order valence-electron chi connectivity index (χ0n) is 13.7. The summed E-state index contributed by atoms with van der Waals surface area (Å²) in [7, 11) is 1.48. The Hall–Kier alpha value is -2.96. The van der Waals surface area contributed by atoms with E-state index in [1.54, 1.807) is 6.07 Å². The first kappa shape index (κ1) is 15.9. The highest BCUT2D eigenvalue weighted by Crippen LogP contribution is 2.23. The molecule has 0 radical (unpaired) electrons. The summed E-state index contributed by atoms with van der Waals surface area (Å²) in [5.41, 5.74) is 2.12. The normalized spacial score (nSPS) is 10.8. The van der Waals surface area contributed by atoms with Crippen LogP contribution in [0.15, 0.2) is 41.2 Å². The summed E-state index contributed by atoms with van der Waals surface area (Å²) in [6.07, 6.45) is 0. The fraction of sp³-hybridized carbons (Fsp3) is 0.235. The van der Waals surface area contributed by atoms with Crippen molar-refractivity contribution in [1.82, 2.24) is 19.8 Å². The lowest BCUT2D eigenvalue weighted by atomic mass is 10.1. The molecule has 0 saturated heterocycles. The van der Waals surface area contributed by atoms with Crippen LogP contribution in [0.25, 0.3) is 5.69 Å². The van der Waals surface area contributed by atoms with Crippen molar-refractivity contribution in [2.24, 2.45) is 7.05 Å². The number of ether oxygens (including phenoxy) is 1. The Morgan fingerprint density at radius 2 is 1.96 bits per heavy atom. The van der Waals surface area contributed by atoms with Crippen LogP contribution in [0.3, 0.4) is 0 Å². The molecule has 7 heteroatoms. The number of hydrogen-bond donors (Lipinski definition) is 0. The SMILES string of the molecule is Cc1ccc(C)c(OCc2c(F)cccc2-n2nnn(C)c2=O)c1. The lowest BCUT2D eigenvalue weighted by Gasteiger charge is -2.13. The maximum Gasteiger partial charge on any atom is 0.368 e. The van der Waals surface area contributed by atoms with Gasteiger partial charge in [-0.2, -0.15) is 9.36 Å². The van der Waals surface area contributed by atoms with Gasteiger partial charge in [-0.3, -0.25) is 0 Å². The van der Waals surface area contributed by atoms with Crippen molar-refractivity contribution in [3.8, 4) is 11.4 Å². The Morgan fingerprint density at radius 3 is 2.67 bits per heavy atom. The van der Waals surface area contributed by atoms with Gasteiger partial charge in [-0.15, -0.1) is 0 Å². The Morgan fingerprint density at radius 1 is 1.17 bits per heavy atom. The number of benzene rings is 2. The fourth-order valence-corrected chi connectivity index (χ4v) is 2.37. The lowest BCUT2D eigenvalue weighted by Crippen LogP contribution is -2.23. The van der Waals surface area contributed by atoms with Crippen LogP contribution in [0.1, 0.15) is 16.7 Å². The Kier molecular flexibility index (Phi) is 4.16. The minimum absolute atomic E-state index is 0.0185. The lowest BCUT2D eigenvalue weighted by molar-refractivity contribution is 0.297. The maximum absolute atomic E-state index is 14.3. The van der Waals surface area contributed by atoms with E-state index in [4.69, 9.17) is 4.74 Å². The molecule has 24 heavy (non-hydrogen) atoms. The molecule has 6 nitrogen and oxygen atoms in total. The van der Waals surface area contributed by atoms with Crippen LogP contribution in [-0.2, 0) is 13.7 Å². The fourth-order valence-electron chi connectivity index (χ4n) is 2.37. The Balaban J connectivity index is 1.98. The van der Waals surface area contributed by atoms with Gasteiger partial charge in [0.25, 0.3) is 0 Å². The third-order valence-corrected chi connectivity index (χ3v) is 3.76. The molecule has 0 spiro atoms. The predicted octanol–water partition coefficient (Wildman–Crippen LogP) is 2.30. The van der Waals surface area contributed by atoms with E-state index in [0.29, 0.717) is 11.4 Å². The van der Waals surface area contributed by atoms with Crippen molar-refractivity contribution >= 4 is 0 Å². The summed E-state index contributed by atoms with van der Waals surface area (Å²) < 4.78 is 22.2. The summed E-state index contributed by atoms with van der Waals surface area (Å²) >= 11 is 0. The first-order valence-electron chi connectivity index (χ1n) is 7.44. The van der Waals surface area contributed by atoms with Crippen molar-refractivity contribution in [3.05, 3.63) is 69.4 Å². The molecule has 1 aromatic heterocycles. The van der Waals surface area contributed by atoms with Crippen molar-refractivity contribution in [3.63, 3.8) is 0 Å². The molecule has 3 rings (SSSR count). The molecule has 0 aliphatic rings. The summed E-state index contributed by atoms with van der Waals surface area (Å²) in [5, 5.41) is 7.43. The molecule has 0 amide bonds. The van der Waals surface area contributed by atoms with Crippen LogP contribution in [-0.4, -0.2) is 19.8 Å². The van der Waals surface area contributed by atoms with E-state index in [0.717, 1.165) is 20.5 Å². The van der Waals surface area contributed by atoms with Crippen LogP contribution in [0, 0.1) is 19.7 Å². The number of tetrazole rings is 1. The second-order valence-electron chi connectivity index (χ2n) is 5.59.